The third kappa shape index (κ3) is 4.91. The van der Waals surface area contributed by atoms with Gasteiger partial charge in [-0.2, -0.15) is 0 Å². The highest BCUT2D eigenvalue weighted by atomic mass is 79.9. The molecule has 0 radical (unpaired) electrons. The van der Waals surface area contributed by atoms with Crippen LogP contribution in [0.2, 0.25) is 0 Å². The van der Waals surface area contributed by atoms with E-state index in [1.807, 2.05) is 35.2 Å². The van der Waals surface area contributed by atoms with E-state index in [1.165, 1.54) is 7.11 Å². The second-order valence-corrected chi connectivity index (χ2v) is 8.90. The lowest BCUT2D eigenvalue weighted by atomic mass is 10.0. The van der Waals surface area contributed by atoms with Crippen molar-refractivity contribution in [2.75, 3.05) is 27.1 Å². The van der Waals surface area contributed by atoms with E-state index < -0.39 is 6.04 Å². The number of fused-ring (bicyclic) bond motifs is 1. The highest BCUT2D eigenvalue weighted by Gasteiger charge is 2.39. The van der Waals surface area contributed by atoms with Crippen molar-refractivity contribution in [1.29, 1.82) is 0 Å². The minimum atomic E-state index is -0.878. The average Bonchev–Trinajstić information content (AvgIpc) is 3.48. The van der Waals surface area contributed by atoms with Gasteiger partial charge in [-0.15, -0.1) is 6.58 Å². The van der Waals surface area contributed by atoms with Crippen LogP contribution < -0.4 is 9.47 Å². The molecule has 0 N–H and O–H groups in total. The topological polar surface area (TPSA) is 68.3 Å². The van der Waals surface area contributed by atoms with Crippen molar-refractivity contribution < 1.29 is 23.8 Å². The van der Waals surface area contributed by atoms with Crippen LogP contribution in [-0.4, -0.2) is 54.7 Å². The Kier molecular flexibility index (Phi) is 7.35. The van der Waals surface area contributed by atoms with Gasteiger partial charge in [-0.1, -0.05) is 52.3 Å². The summed E-state index contributed by atoms with van der Waals surface area (Å²) in [5.41, 5.74) is 1.55. The fraction of sp³-hybridized carbons (Fsp3) is 0.360. The molecule has 2 amide bonds. The summed E-state index contributed by atoms with van der Waals surface area (Å²) < 4.78 is 16.9. The Morgan fingerprint density at radius 1 is 1.27 bits per heavy atom. The maximum atomic E-state index is 14.1. The molecular formula is C25H27BrN2O5. The Bertz CT molecular complexity index is 1030. The number of hydrogen-bond donors (Lipinski definition) is 0. The molecule has 1 fully saturated rings. The molecule has 8 heteroatoms. The Hall–Kier alpha value is -2.84. The van der Waals surface area contributed by atoms with E-state index >= 15 is 0 Å². The third-order valence-electron chi connectivity index (χ3n) is 5.97. The molecule has 0 bridgehead atoms. The van der Waals surface area contributed by atoms with E-state index in [0.717, 1.165) is 18.4 Å². The van der Waals surface area contributed by atoms with Gasteiger partial charge in [0, 0.05) is 36.3 Å². The molecule has 2 heterocycles. The summed E-state index contributed by atoms with van der Waals surface area (Å²) in [6.07, 6.45) is 3.55. The van der Waals surface area contributed by atoms with Gasteiger partial charge in [0.1, 0.15) is 12.6 Å². The number of carbonyl (C=O) groups excluding carboxylic acids is 2. The van der Waals surface area contributed by atoms with Gasteiger partial charge in [-0.3, -0.25) is 9.59 Å². The molecule has 174 valence electrons. The number of methoxy groups -OCH3 is 1. The largest absolute Gasteiger partial charge is 0.454 e. The summed E-state index contributed by atoms with van der Waals surface area (Å²) in [5.74, 6) is 0.710. The SMILES string of the molecule is C=CC1CCCN1C(=O)C(c1cc2c(cc1Br)OCO2)N(Cc1ccccc1)C(=O)COC. The second-order valence-electron chi connectivity index (χ2n) is 8.05. The zero-order valence-electron chi connectivity index (χ0n) is 18.5. The van der Waals surface area contributed by atoms with Crippen LogP contribution in [0.4, 0.5) is 0 Å². The molecule has 0 spiro atoms. The molecule has 0 aromatic heterocycles. The zero-order chi connectivity index (χ0) is 23.4. The van der Waals surface area contributed by atoms with Crippen LogP contribution in [0.1, 0.15) is 30.0 Å². The summed E-state index contributed by atoms with van der Waals surface area (Å²) in [4.78, 5) is 30.8. The molecule has 7 nitrogen and oxygen atoms in total. The molecule has 2 unspecified atom stereocenters. The number of halogens is 1. The van der Waals surface area contributed by atoms with Crippen molar-refractivity contribution in [2.45, 2.75) is 31.5 Å². The molecule has 33 heavy (non-hydrogen) atoms. The molecule has 0 saturated carbocycles. The molecule has 2 aliphatic heterocycles. The van der Waals surface area contributed by atoms with Gasteiger partial charge < -0.3 is 24.0 Å². The van der Waals surface area contributed by atoms with Gasteiger partial charge >= 0.3 is 0 Å². The quantitative estimate of drug-likeness (QED) is 0.496. The summed E-state index contributed by atoms with van der Waals surface area (Å²) in [6, 6.07) is 12.2. The van der Waals surface area contributed by atoms with Gasteiger partial charge in [0.05, 0.1) is 0 Å². The highest BCUT2D eigenvalue weighted by molar-refractivity contribution is 9.10. The van der Waals surface area contributed by atoms with Crippen molar-refractivity contribution in [1.82, 2.24) is 9.80 Å². The first kappa shape index (κ1) is 23.3. The molecule has 1 saturated heterocycles. The fourth-order valence-electron chi connectivity index (χ4n) is 4.35. The summed E-state index contributed by atoms with van der Waals surface area (Å²) in [5, 5.41) is 0. The van der Waals surface area contributed by atoms with Crippen molar-refractivity contribution in [2.24, 2.45) is 0 Å². The summed E-state index contributed by atoms with van der Waals surface area (Å²) in [6.45, 7) is 4.76. The third-order valence-corrected chi connectivity index (χ3v) is 6.66. The van der Waals surface area contributed by atoms with Crippen LogP contribution in [-0.2, 0) is 20.9 Å². The number of carbonyl (C=O) groups is 2. The first-order chi connectivity index (χ1) is 16.0. The Morgan fingerprint density at radius 2 is 2.00 bits per heavy atom. The van der Waals surface area contributed by atoms with Crippen molar-refractivity contribution in [3.63, 3.8) is 0 Å². The van der Waals surface area contributed by atoms with Gasteiger partial charge in [0.25, 0.3) is 5.91 Å². The molecule has 2 aromatic carbocycles. The Labute approximate surface area is 202 Å². The zero-order valence-corrected chi connectivity index (χ0v) is 20.1. The van der Waals surface area contributed by atoms with Crippen LogP contribution >= 0.6 is 15.9 Å². The van der Waals surface area contributed by atoms with E-state index in [9.17, 15) is 9.59 Å². The monoisotopic (exact) mass is 514 g/mol. The number of amides is 2. The van der Waals surface area contributed by atoms with Crippen molar-refractivity contribution in [3.05, 3.63) is 70.7 Å². The molecule has 0 aliphatic carbocycles. The first-order valence-corrected chi connectivity index (χ1v) is 11.7. The molecule has 2 aromatic rings. The fourth-order valence-corrected chi connectivity index (χ4v) is 4.89. The minimum absolute atomic E-state index is 0.0658. The highest BCUT2D eigenvalue weighted by Crippen LogP contribution is 2.42. The summed E-state index contributed by atoms with van der Waals surface area (Å²) >= 11 is 3.61. The first-order valence-electron chi connectivity index (χ1n) is 10.9. The normalized spacial score (nSPS) is 17.6. The van der Waals surface area contributed by atoms with Crippen molar-refractivity contribution in [3.8, 4) is 11.5 Å². The lowest BCUT2D eigenvalue weighted by molar-refractivity contribution is -0.149. The lowest BCUT2D eigenvalue weighted by Crippen LogP contribution is -2.47. The smallest absolute Gasteiger partial charge is 0.250 e. The van der Waals surface area contributed by atoms with Crippen molar-refractivity contribution >= 4 is 27.7 Å². The van der Waals surface area contributed by atoms with E-state index in [4.69, 9.17) is 14.2 Å². The van der Waals surface area contributed by atoms with Crippen LogP contribution in [0, 0.1) is 0 Å². The molecule has 2 aliphatic rings. The predicted molar refractivity (Wildman–Crippen MR) is 127 cm³/mol. The predicted octanol–water partition coefficient (Wildman–Crippen LogP) is 4.07. The second kappa shape index (κ2) is 10.4. The number of hydrogen-bond acceptors (Lipinski definition) is 5. The number of ether oxygens (including phenoxy) is 3. The van der Waals surface area contributed by atoms with E-state index in [-0.39, 0.29) is 37.8 Å². The Balaban J connectivity index is 1.81. The van der Waals surface area contributed by atoms with Crippen LogP contribution in [0.15, 0.2) is 59.6 Å². The number of likely N-dealkylation sites (tertiary alicyclic amines) is 1. The number of nitrogens with zero attached hydrogens (tertiary/aromatic N) is 2. The standard InChI is InChI=1S/C25H27BrN2O5/c1-3-18-10-7-11-27(18)25(30)24(19-12-21-22(13-20(19)26)33-16-32-21)28(23(29)15-31-2)14-17-8-5-4-6-9-17/h3-6,8-9,12-13,18,24H,1,7,10-11,14-16H2,2H3. The van der Waals surface area contributed by atoms with E-state index in [0.29, 0.717) is 28.1 Å². The Morgan fingerprint density at radius 3 is 2.70 bits per heavy atom. The van der Waals surface area contributed by atoms with Crippen LogP contribution in [0.3, 0.4) is 0 Å². The number of benzene rings is 2. The molecular weight excluding hydrogens is 488 g/mol. The van der Waals surface area contributed by atoms with Crippen LogP contribution in [0.5, 0.6) is 11.5 Å². The maximum absolute atomic E-state index is 14.1. The van der Waals surface area contributed by atoms with Gasteiger partial charge in [0.15, 0.2) is 11.5 Å². The summed E-state index contributed by atoms with van der Waals surface area (Å²) in [7, 11) is 1.47. The lowest BCUT2D eigenvalue weighted by Gasteiger charge is -2.36. The maximum Gasteiger partial charge on any atom is 0.250 e. The van der Waals surface area contributed by atoms with E-state index in [1.54, 1.807) is 23.1 Å². The molecule has 2 atom stereocenters. The molecule has 4 rings (SSSR count). The van der Waals surface area contributed by atoms with Gasteiger partial charge in [0.2, 0.25) is 12.7 Å². The van der Waals surface area contributed by atoms with E-state index in [2.05, 4.69) is 22.5 Å². The van der Waals surface area contributed by atoms with Crippen LogP contribution in [0.25, 0.3) is 0 Å². The number of rotatable bonds is 8. The average molecular weight is 515 g/mol. The van der Waals surface area contributed by atoms with Gasteiger partial charge in [-0.25, -0.2) is 0 Å². The van der Waals surface area contributed by atoms with Gasteiger partial charge in [-0.05, 0) is 30.5 Å². The minimum Gasteiger partial charge on any atom is -0.454 e.